The monoisotopic (exact) mass is 480 g/mol. The predicted octanol–water partition coefficient (Wildman–Crippen LogP) is 1.23. The zero-order valence-electron chi connectivity index (χ0n) is 19.1. The van der Waals surface area contributed by atoms with E-state index in [9.17, 15) is 24.3 Å². The summed E-state index contributed by atoms with van der Waals surface area (Å²) in [5, 5.41) is 11.9. The minimum atomic E-state index is -2.37. The highest BCUT2D eigenvalue weighted by molar-refractivity contribution is 5.98. The van der Waals surface area contributed by atoms with Crippen molar-refractivity contribution in [3.8, 4) is 0 Å². The number of ether oxygens (including phenoxy) is 3. The van der Waals surface area contributed by atoms with Gasteiger partial charge < -0.3 is 19.3 Å². The van der Waals surface area contributed by atoms with E-state index in [0.29, 0.717) is 19.4 Å². The Bertz CT molecular complexity index is 1360. The molecular formula is C25H24N2O8. The first-order valence-electron chi connectivity index (χ1n) is 12.0. The summed E-state index contributed by atoms with van der Waals surface area (Å²) in [5.74, 6) is -5.02. The molecule has 5 aliphatic rings. The molecule has 5 aliphatic heterocycles. The van der Waals surface area contributed by atoms with Gasteiger partial charge in [-0.3, -0.25) is 23.9 Å². The predicted molar refractivity (Wildman–Crippen MR) is 117 cm³/mol. The Morgan fingerprint density at radius 2 is 1.83 bits per heavy atom. The summed E-state index contributed by atoms with van der Waals surface area (Å²) >= 11 is 0. The van der Waals surface area contributed by atoms with E-state index in [1.807, 2.05) is 31.2 Å². The summed E-state index contributed by atoms with van der Waals surface area (Å²) in [7, 11) is 0. The number of carbonyl (C=O) groups excluding carboxylic acids is 4. The molecule has 1 aromatic carbocycles. The third-order valence-electron chi connectivity index (χ3n) is 8.72. The van der Waals surface area contributed by atoms with E-state index in [1.54, 1.807) is 4.57 Å². The van der Waals surface area contributed by atoms with E-state index in [1.165, 1.54) is 0 Å². The van der Waals surface area contributed by atoms with Crippen LogP contribution in [0.25, 0.3) is 10.9 Å². The average molecular weight is 480 g/mol. The van der Waals surface area contributed by atoms with E-state index in [2.05, 4.69) is 4.90 Å². The number of hydrogen-bond acceptors (Lipinski definition) is 9. The van der Waals surface area contributed by atoms with Crippen LogP contribution in [-0.2, 0) is 35.0 Å². The zero-order chi connectivity index (χ0) is 24.3. The van der Waals surface area contributed by atoms with Crippen LogP contribution in [0.1, 0.15) is 54.7 Å². The molecule has 3 unspecified atom stereocenters. The Balaban J connectivity index is 1.53. The van der Waals surface area contributed by atoms with Crippen LogP contribution >= 0.6 is 0 Å². The zero-order valence-corrected chi connectivity index (χ0v) is 19.1. The van der Waals surface area contributed by atoms with Crippen molar-refractivity contribution < 1.29 is 38.5 Å². The summed E-state index contributed by atoms with van der Waals surface area (Å²) in [6, 6.07) is 7.32. The molecule has 10 nitrogen and oxygen atoms in total. The van der Waals surface area contributed by atoms with Crippen molar-refractivity contribution in [2.45, 2.75) is 62.6 Å². The number of piperidine rings is 1. The molecule has 182 valence electrons. The maximum Gasteiger partial charge on any atom is 0.342 e. The number of fused-ring (bicyclic) bond motifs is 5. The highest BCUT2D eigenvalue weighted by atomic mass is 16.8. The molecule has 35 heavy (non-hydrogen) atoms. The van der Waals surface area contributed by atoms with E-state index in [4.69, 9.17) is 14.2 Å². The molecule has 0 amide bonds. The normalized spacial score (nSPS) is 38.0. The van der Waals surface area contributed by atoms with Gasteiger partial charge in [-0.15, -0.1) is 0 Å². The number of carbonyl (C=O) groups is 4. The van der Waals surface area contributed by atoms with Gasteiger partial charge in [0.05, 0.1) is 29.8 Å². The topological polar surface area (TPSA) is 124 Å². The first-order chi connectivity index (χ1) is 16.7. The quantitative estimate of drug-likeness (QED) is 0.600. The largest absolute Gasteiger partial charge is 0.452 e. The molecule has 3 fully saturated rings. The van der Waals surface area contributed by atoms with Gasteiger partial charge in [-0.1, -0.05) is 25.1 Å². The van der Waals surface area contributed by atoms with Crippen molar-refractivity contribution in [2.24, 2.45) is 5.41 Å². The smallest absolute Gasteiger partial charge is 0.342 e. The van der Waals surface area contributed by atoms with Crippen LogP contribution in [0.15, 0.2) is 24.3 Å². The lowest BCUT2D eigenvalue weighted by molar-refractivity contribution is -0.346. The standard InChI is InChI=1S/C25H24N2O8/c1-2-23-9-17(28)27-15-6-4-3-5-13(15)14-7-8-26(21(23)20(14)27)12-16-25(23)34-19(30)11-24(32,22(31)35-25)10-18(29)33-16/h3-6,16,21,32H,2,7-12H2,1H3/t16?,21-,23+,24?,25?/m1/s1. The minimum Gasteiger partial charge on any atom is -0.452 e. The Kier molecular flexibility index (Phi) is 3.91. The lowest BCUT2D eigenvalue weighted by atomic mass is 9.59. The molecular weight excluding hydrogens is 456 g/mol. The fourth-order valence-electron chi connectivity index (χ4n) is 7.28. The van der Waals surface area contributed by atoms with Gasteiger partial charge >= 0.3 is 23.7 Å². The first kappa shape index (κ1) is 21.1. The van der Waals surface area contributed by atoms with Gasteiger partial charge in [0.25, 0.3) is 0 Å². The lowest BCUT2D eigenvalue weighted by Crippen LogP contribution is -2.74. The van der Waals surface area contributed by atoms with Crippen LogP contribution < -0.4 is 0 Å². The number of benzene rings is 1. The Labute approximate surface area is 199 Å². The van der Waals surface area contributed by atoms with Crippen molar-refractivity contribution >= 4 is 34.7 Å². The van der Waals surface area contributed by atoms with Gasteiger partial charge in [0.15, 0.2) is 11.7 Å². The van der Waals surface area contributed by atoms with Gasteiger partial charge in [0.2, 0.25) is 5.91 Å². The number of hydrogen-bond donors (Lipinski definition) is 1. The van der Waals surface area contributed by atoms with Gasteiger partial charge in [-0.05, 0) is 24.5 Å². The molecule has 3 saturated heterocycles. The van der Waals surface area contributed by atoms with E-state index in [0.717, 1.165) is 22.2 Å². The Hall–Kier alpha value is -3.24. The molecule has 2 bridgehead atoms. The summed E-state index contributed by atoms with van der Waals surface area (Å²) in [5.41, 5.74) is -0.917. The van der Waals surface area contributed by atoms with Crippen molar-refractivity contribution in [1.29, 1.82) is 0 Å². The number of para-hydroxylation sites is 1. The molecule has 1 spiro atoms. The molecule has 10 heteroatoms. The third-order valence-corrected chi connectivity index (χ3v) is 8.72. The maximum atomic E-state index is 13.8. The summed E-state index contributed by atoms with van der Waals surface area (Å²) in [6.07, 6.45) is -1.65. The molecule has 2 aromatic rings. The molecule has 6 heterocycles. The maximum absolute atomic E-state index is 13.8. The van der Waals surface area contributed by atoms with E-state index < -0.39 is 59.7 Å². The van der Waals surface area contributed by atoms with Crippen molar-refractivity contribution in [1.82, 2.24) is 9.47 Å². The van der Waals surface area contributed by atoms with E-state index >= 15 is 0 Å². The Morgan fingerprint density at radius 3 is 2.63 bits per heavy atom. The van der Waals surface area contributed by atoms with Crippen LogP contribution in [0, 0.1) is 5.41 Å². The second kappa shape index (κ2) is 6.50. The fraction of sp³-hybridized carbons (Fsp3) is 0.520. The van der Waals surface area contributed by atoms with Crippen LogP contribution in [0.3, 0.4) is 0 Å². The number of rotatable bonds is 1. The molecule has 0 aliphatic carbocycles. The minimum absolute atomic E-state index is 0.0944. The summed E-state index contributed by atoms with van der Waals surface area (Å²) < 4.78 is 19.4. The lowest BCUT2D eigenvalue weighted by Gasteiger charge is -2.62. The van der Waals surface area contributed by atoms with Gasteiger partial charge in [0, 0.05) is 30.6 Å². The average Bonchev–Trinajstić information content (AvgIpc) is 3.12. The van der Waals surface area contributed by atoms with Crippen molar-refractivity contribution in [2.75, 3.05) is 13.1 Å². The Morgan fingerprint density at radius 1 is 1.06 bits per heavy atom. The molecule has 7 rings (SSSR count). The molecule has 0 saturated carbocycles. The molecule has 1 aromatic heterocycles. The van der Waals surface area contributed by atoms with Crippen molar-refractivity contribution in [3.05, 3.63) is 35.5 Å². The van der Waals surface area contributed by atoms with Gasteiger partial charge in [-0.2, -0.15) is 0 Å². The molecule has 0 radical (unpaired) electrons. The SMILES string of the molecule is CC[C@@]12CC(=O)n3c4c(c5ccccc53)CCN(CC3OC(=O)CC5(O)CC(=O)OC31OC5=O)[C@H]42. The number of nitrogens with zero attached hydrogens (tertiary/aromatic N) is 2. The third kappa shape index (κ3) is 2.36. The van der Waals surface area contributed by atoms with Gasteiger partial charge in [-0.25, -0.2) is 4.79 Å². The van der Waals surface area contributed by atoms with Crippen LogP contribution in [0.4, 0.5) is 0 Å². The van der Waals surface area contributed by atoms with Crippen LogP contribution in [0.2, 0.25) is 0 Å². The summed E-state index contributed by atoms with van der Waals surface area (Å²) in [6.45, 7) is 2.65. The number of aliphatic hydroxyl groups is 1. The molecule has 5 atom stereocenters. The highest BCUT2D eigenvalue weighted by Gasteiger charge is 2.75. The first-order valence-corrected chi connectivity index (χ1v) is 12.0. The van der Waals surface area contributed by atoms with Crippen molar-refractivity contribution in [3.63, 3.8) is 0 Å². The summed E-state index contributed by atoms with van der Waals surface area (Å²) in [4.78, 5) is 55.1. The van der Waals surface area contributed by atoms with E-state index in [-0.39, 0.29) is 18.9 Å². The second-order valence-electron chi connectivity index (χ2n) is 10.3. The van der Waals surface area contributed by atoms with Crippen LogP contribution in [-0.4, -0.2) is 69.0 Å². The fourth-order valence-corrected chi connectivity index (χ4v) is 7.28. The number of aromatic nitrogens is 1. The molecule has 1 N–H and O–H groups in total. The highest BCUT2D eigenvalue weighted by Crippen LogP contribution is 2.63. The second-order valence-corrected chi connectivity index (χ2v) is 10.3. The van der Waals surface area contributed by atoms with Crippen LogP contribution in [0.5, 0.6) is 0 Å². The van der Waals surface area contributed by atoms with Gasteiger partial charge in [0.1, 0.15) is 0 Å². The number of esters is 3.